The Hall–Kier alpha value is -2.24. The summed E-state index contributed by atoms with van der Waals surface area (Å²) in [5.41, 5.74) is 2.39. The molecule has 1 amide bonds. The number of amides is 1. The molecule has 0 aromatic heterocycles. The number of ether oxygens (including phenoxy) is 2. The third kappa shape index (κ3) is 3.94. The molecule has 1 heterocycles. The first kappa shape index (κ1) is 17.1. The molecule has 6 nitrogen and oxygen atoms in total. The lowest BCUT2D eigenvalue weighted by Gasteiger charge is -2.36. The molecule has 1 aromatic carbocycles. The number of methoxy groups -OCH3 is 1. The second kappa shape index (κ2) is 6.48. The number of esters is 1. The van der Waals surface area contributed by atoms with Crippen molar-refractivity contribution in [3.05, 3.63) is 29.3 Å². The van der Waals surface area contributed by atoms with Crippen LogP contribution >= 0.6 is 0 Å². The van der Waals surface area contributed by atoms with E-state index >= 15 is 0 Å². The number of carbonyl (C=O) groups is 2. The Bertz CT molecular complexity index is 607. The molecule has 0 spiro atoms. The molecule has 1 unspecified atom stereocenters. The van der Waals surface area contributed by atoms with Gasteiger partial charge in [0, 0.05) is 19.2 Å². The van der Waals surface area contributed by atoms with E-state index in [1.54, 1.807) is 20.8 Å². The van der Waals surface area contributed by atoms with E-state index in [2.05, 4.69) is 5.32 Å². The number of rotatable bonds is 2. The number of fused-ring (bicyclic) bond motifs is 1. The number of carbonyl (C=O) groups excluding carboxylic acids is 2. The molecule has 0 fully saturated rings. The van der Waals surface area contributed by atoms with E-state index in [0.29, 0.717) is 13.0 Å². The molecule has 0 saturated carbocycles. The highest BCUT2D eigenvalue weighted by molar-refractivity contribution is 5.82. The fourth-order valence-electron chi connectivity index (χ4n) is 2.60. The van der Waals surface area contributed by atoms with Crippen molar-refractivity contribution >= 4 is 17.7 Å². The normalized spacial score (nSPS) is 17.3. The van der Waals surface area contributed by atoms with E-state index in [4.69, 9.17) is 9.47 Å². The van der Waals surface area contributed by atoms with Gasteiger partial charge in [0.05, 0.1) is 13.7 Å². The zero-order chi connectivity index (χ0) is 17.2. The zero-order valence-corrected chi connectivity index (χ0v) is 14.3. The van der Waals surface area contributed by atoms with Crippen LogP contribution in [0.1, 0.15) is 31.9 Å². The Morgan fingerprint density at radius 2 is 1.96 bits per heavy atom. The van der Waals surface area contributed by atoms with Crippen LogP contribution in [0.15, 0.2) is 18.2 Å². The summed E-state index contributed by atoms with van der Waals surface area (Å²) in [7, 11) is 3.17. The van der Waals surface area contributed by atoms with E-state index in [1.165, 1.54) is 12.0 Å². The minimum atomic E-state index is -0.664. The van der Waals surface area contributed by atoms with Crippen molar-refractivity contribution in [3.63, 3.8) is 0 Å². The van der Waals surface area contributed by atoms with Crippen molar-refractivity contribution in [3.8, 4) is 0 Å². The van der Waals surface area contributed by atoms with Crippen molar-refractivity contribution in [2.45, 2.75) is 45.4 Å². The minimum Gasteiger partial charge on any atom is -0.467 e. The highest BCUT2D eigenvalue weighted by Gasteiger charge is 2.37. The predicted molar refractivity (Wildman–Crippen MR) is 87.3 cm³/mol. The second-order valence-corrected chi connectivity index (χ2v) is 6.58. The minimum absolute atomic E-state index is 0.319. The average molecular weight is 320 g/mol. The Kier molecular flexibility index (Phi) is 4.82. The number of hydrogen-bond donors (Lipinski definition) is 1. The van der Waals surface area contributed by atoms with Gasteiger partial charge in [-0.3, -0.25) is 4.90 Å². The molecule has 1 N–H and O–H groups in total. The Morgan fingerprint density at radius 3 is 2.52 bits per heavy atom. The topological polar surface area (TPSA) is 67.9 Å². The third-order valence-corrected chi connectivity index (χ3v) is 3.73. The van der Waals surface area contributed by atoms with Crippen molar-refractivity contribution < 1.29 is 19.1 Å². The molecule has 126 valence electrons. The van der Waals surface area contributed by atoms with E-state index in [9.17, 15) is 9.59 Å². The molecule has 1 atom stereocenters. The van der Waals surface area contributed by atoms with Crippen LogP contribution in [0.4, 0.5) is 10.5 Å². The molecule has 6 heteroatoms. The molecule has 1 aliphatic rings. The zero-order valence-electron chi connectivity index (χ0n) is 14.3. The van der Waals surface area contributed by atoms with Gasteiger partial charge in [0.1, 0.15) is 11.6 Å². The van der Waals surface area contributed by atoms with Crippen LogP contribution in [0, 0.1) is 0 Å². The standard InChI is InChI=1S/C17H24N2O4/c1-17(2,3)23-16(21)19-10-12-8-13(18-4)7-6-11(12)9-14(19)15(20)22-5/h6-8,14,18H,9-10H2,1-5H3. The van der Waals surface area contributed by atoms with Gasteiger partial charge in [-0.25, -0.2) is 9.59 Å². The largest absolute Gasteiger partial charge is 0.467 e. The molecule has 23 heavy (non-hydrogen) atoms. The summed E-state index contributed by atoms with van der Waals surface area (Å²) in [6.45, 7) is 5.72. The van der Waals surface area contributed by atoms with Gasteiger partial charge in [-0.15, -0.1) is 0 Å². The van der Waals surface area contributed by atoms with Crippen LogP contribution in [0.2, 0.25) is 0 Å². The first-order valence-electron chi connectivity index (χ1n) is 7.62. The Balaban J connectivity index is 2.33. The molecule has 0 bridgehead atoms. The summed E-state index contributed by atoms with van der Waals surface area (Å²) in [5.74, 6) is -0.431. The number of anilines is 1. The van der Waals surface area contributed by atoms with Gasteiger partial charge in [-0.05, 0) is 44.0 Å². The van der Waals surface area contributed by atoms with E-state index in [1.807, 2.05) is 25.2 Å². The molecule has 1 aliphatic heterocycles. The van der Waals surface area contributed by atoms with Crippen molar-refractivity contribution in [2.75, 3.05) is 19.5 Å². The van der Waals surface area contributed by atoms with Crippen LogP contribution in [0.25, 0.3) is 0 Å². The summed E-state index contributed by atoms with van der Waals surface area (Å²) < 4.78 is 10.3. The first-order chi connectivity index (χ1) is 10.7. The third-order valence-electron chi connectivity index (χ3n) is 3.73. The summed E-state index contributed by atoms with van der Waals surface area (Å²) in [4.78, 5) is 26.0. The van der Waals surface area contributed by atoms with Gasteiger partial charge in [-0.2, -0.15) is 0 Å². The summed E-state index contributed by atoms with van der Waals surface area (Å²) >= 11 is 0. The summed E-state index contributed by atoms with van der Waals surface area (Å²) in [6, 6.07) is 5.25. The summed E-state index contributed by atoms with van der Waals surface area (Å²) in [6.07, 6.45) is -0.0842. The van der Waals surface area contributed by atoms with Crippen molar-refractivity contribution in [2.24, 2.45) is 0 Å². The van der Waals surface area contributed by atoms with Gasteiger partial charge in [0.15, 0.2) is 0 Å². The van der Waals surface area contributed by atoms with Crippen LogP contribution in [-0.4, -0.2) is 42.8 Å². The van der Waals surface area contributed by atoms with Gasteiger partial charge in [-0.1, -0.05) is 6.07 Å². The van der Waals surface area contributed by atoms with Crippen LogP contribution in [0.3, 0.4) is 0 Å². The predicted octanol–water partition coefficient (Wildman–Crippen LogP) is 2.56. The second-order valence-electron chi connectivity index (χ2n) is 6.58. The lowest BCUT2D eigenvalue weighted by atomic mass is 9.93. The fourth-order valence-corrected chi connectivity index (χ4v) is 2.60. The Morgan fingerprint density at radius 1 is 1.26 bits per heavy atom. The molecule has 1 aromatic rings. The molecule has 0 aliphatic carbocycles. The molecular formula is C17H24N2O4. The average Bonchev–Trinajstić information content (AvgIpc) is 2.50. The van der Waals surface area contributed by atoms with E-state index < -0.39 is 23.7 Å². The molecular weight excluding hydrogens is 296 g/mol. The Labute approximate surface area is 136 Å². The van der Waals surface area contributed by atoms with Crippen LogP contribution < -0.4 is 5.32 Å². The maximum atomic E-state index is 12.5. The number of hydrogen-bond acceptors (Lipinski definition) is 5. The SMILES string of the molecule is CNc1ccc2c(c1)CN(C(=O)OC(C)(C)C)C(C(=O)OC)C2. The monoisotopic (exact) mass is 320 g/mol. The van der Waals surface area contributed by atoms with E-state index in [0.717, 1.165) is 16.8 Å². The summed E-state index contributed by atoms with van der Waals surface area (Å²) in [5, 5.41) is 3.08. The lowest BCUT2D eigenvalue weighted by Crippen LogP contribution is -2.50. The number of benzene rings is 1. The maximum absolute atomic E-state index is 12.5. The molecule has 0 radical (unpaired) electrons. The number of nitrogens with zero attached hydrogens (tertiary/aromatic N) is 1. The number of nitrogens with one attached hydrogen (secondary N) is 1. The molecule has 0 saturated heterocycles. The fraction of sp³-hybridized carbons (Fsp3) is 0.529. The highest BCUT2D eigenvalue weighted by Crippen LogP contribution is 2.28. The quantitative estimate of drug-likeness (QED) is 0.848. The van der Waals surface area contributed by atoms with Crippen molar-refractivity contribution in [1.82, 2.24) is 4.90 Å². The van der Waals surface area contributed by atoms with E-state index in [-0.39, 0.29) is 0 Å². The van der Waals surface area contributed by atoms with Crippen molar-refractivity contribution in [1.29, 1.82) is 0 Å². The lowest BCUT2D eigenvalue weighted by molar-refractivity contribution is -0.147. The highest BCUT2D eigenvalue weighted by atomic mass is 16.6. The first-order valence-corrected chi connectivity index (χ1v) is 7.62. The van der Waals surface area contributed by atoms with Crippen LogP contribution in [0.5, 0.6) is 0 Å². The van der Waals surface area contributed by atoms with Gasteiger partial charge in [0.25, 0.3) is 0 Å². The smallest absolute Gasteiger partial charge is 0.411 e. The van der Waals surface area contributed by atoms with Crippen LogP contribution in [-0.2, 0) is 27.2 Å². The van der Waals surface area contributed by atoms with Gasteiger partial charge < -0.3 is 14.8 Å². The van der Waals surface area contributed by atoms with Gasteiger partial charge in [0.2, 0.25) is 0 Å². The maximum Gasteiger partial charge on any atom is 0.411 e. The van der Waals surface area contributed by atoms with Gasteiger partial charge >= 0.3 is 12.1 Å². The molecule has 2 rings (SSSR count).